The summed E-state index contributed by atoms with van der Waals surface area (Å²) in [5.74, 6) is -0.157. The van der Waals surface area contributed by atoms with Gasteiger partial charge in [0.05, 0.1) is 21.2 Å². The molecule has 0 spiro atoms. The van der Waals surface area contributed by atoms with Crippen molar-refractivity contribution in [3.63, 3.8) is 0 Å². The Kier molecular flexibility index (Phi) is 3.28. The minimum absolute atomic E-state index is 0.157. The Morgan fingerprint density at radius 2 is 1.60 bits per heavy atom. The maximum absolute atomic E-state index is 12.8. The second kappa shape index (κ2) is 4.97. The molecule has 3 rings (SSSR count). The van der Waals surface area contributed by atoms with E-state index in [-0.39, 0.29) is 5.78 Å². The van der Waals surface area contributed by atoms with Crippen molar-refractivity contribution in [2.45, 2.75) is 6.92 Å². The lowest BCUT2D eigenvalue weighted by Gasteiger charge is -2.06. The van der Waals surface area contributed by atoms with Crippen molar-refractivity contribution in [2.75, 3.05) is 0 Å². The first-order valence-electron chi connectivity index (χ1n) is 6.15. The molecule has 4 heteroatoms. The molecule has 0 radical (unpaired) electrons. The minimum Gasteiger partial charge on any atom is -0.358 e. The number of ketones is 1. The summed E-state index contributed by atoms with van der Waals surface area (Å²) in [5.41, 5.74) is 2.71. The minimum atomic E-state index is -0.157. The number of hydrogen-bond acceptors (Lipinski definition) is 1. The van der Waals surface area contributed by atoms with Crippen LogP contribution in [0, 0.1) is 6.92 Å². The SMILES string of the molecule is Cc1[nH]c2ccccc2c1C(=O)c1c(Cl)cccc1Cl. The van der Waals surface area contributed by atoms with Gasteiger partial charge in [-0.25, -0.2) is 0 Å². The monoisotopic (exact) mass is 303 g/mol. The average Bonchev–Trinajstić information content (AvgIpc) is 2.74. The molecule has 3 aromatic rings. The molecule has 0 aliphatic rings. The van der Waals surface area contributed by atoms with Gasteiger partial charge in [0.15, 0.2) is 5.78 Å². The van der Waals surface area contributed by atoms with Crippen LogP contribution in [0.5, 0.6) is 0 Å². The van der Waals surface area contributed by atoms with Crippen LogP contribution in [0.2, 0.25) is 10.0 Å². The number of hydrogen-bond donors (Lipinski definition) is 1. The number of aromatic amines is 1. The van der Waals surface area contributed by atoms with Crippen molar-refractivity contribution in [1.82, 2.24) is 4.98 Å². The highest BCUT2D eigenvalue weighted by Crippen LogP contribution is 2.31. The van der Waals surface area contributed by atoms with Gasteiger partial charge < -0.3 is 4.98 Å². The quantitative estimate of drug-likeness (QED) is 0.663. The van der Waals surface area contributed by atoms with E-state index in [1.54, 1.807) is 18.2 Å². The lowest BCUT2D eigenvalue weighted by atomic mass is 10.0. The predicted molar refractivity (Wildman–Crippen MR) is 82.9 cm³/mol. The number of halogens is 2. The molecular weight excluding hydrogens is 293 g/mol. The third kappa shape index (κ3) is 2.01. The van der Waals surface area contributed by atoms with Crippen LogP contribution in [0.25, 0.3) is 10.9 Å². The molecule has 0 saturated heterocycles. The number of carbonyl (C=O) groups is 1. The lowest BCUT2D eigenvalue weighted by Crippen LogP contribution is -2.04. The zero-order valence-corrected chi connectivity index (χ0v) is 12.2. The Morgan fingerprint density at radius 3 is 2.30 bits per heavy atom. The second-order valence-corrected chi connectivity index (χ2v) is 5.41. The molecule has 0 aliphatic carbocycles. The molecule has 2 nitrogen and oxygen atoms in total. The zero-order chi connectivity index (χ0) is 14.3. The van der Waals surface area contributed by atoms with Crippen molar-refractivity contribution >= 4 is 39.9 Å². The third-order valence-corrected chi connectivity index (χ3v) is 3.94. The van der Waals surface area contributed by atoms with E-state index >= 15 is 0 Å². The Morgan fingerprint density at radius 1 is 0.950 bits per heavy atom. The number of aromatic nitrogens is 1. The molecule has 0 unspecified atom stereocenters. The van der Waals surface area contributed by atoms with E-state index in [4.69, 9.17) is 23.2 Å². The molecule has 0 saturated carbocycles. The highest BCUT2D eigenvalue weighted by molar-refractivity contribution is 6.41. The molecule has 2 aromatic carbocycles. The second-order valence-electron chi connectivity index (χ2n) is 4.60. The molecule has 0 amide bonds. The fourth-order valence-corrected chi connectivity index (χ4v) is 2.98. The summed E-state index contributed by atoms with van der Waals surface area (Å²) < 4.78 is 0. The number of H-pyrrole nitrogens is 1. The number of fused-ring (bicyclic) bond motifs is 1. The lowest BCUT2D eigenvalue weighted by molar-refractivity contribution is 0.104. The van der Waals surface area contributed by atoms with Crippen LogP contribution < -0.4 is 0 Å². The van der Waals surface area contributed by atoms with Crippen LogP contribution in [0.1, 0.15) is 21.6 Å². The van der Waals surface area contributed by atoms with Crippen molar-refractivity contribution in [2.24, 2.45) is 0 Å². The molecule has 0 fully saturated rings. The topological polar surface area (TPSA) is 32.9 Å². The molecule has 100 valence electrons. The summed E-state index contributed by atoms with van der Waals surface area (Å²) in [7, 11) is 0. The van der Waals surface area contributed by atoms with Gasteiger partial charge in [0, 0.05) is 16.6 Å². The van der Waals surface area contributed by atoms with E-state index in [1.165, 1.54) is 0 Å². The van der Waals surface area contributed by atoms with Crippen molar-refractivity contribution in [3.8, 4) is 0 Å². The number of aryl methyl sites for hydroxylation is 1. The summed E-state index contributed by atoms with van der Waals surface area (Å²) in [5, 5.41) is 1.62. The summed E-state index contributed by atoms with van der Waals surface area (Å²) in [6.07, 6.45) is 0. The van der Waals surface area contributed by atoms with Crippen LogP contribution in [-0.2, 0) is 0 Å². The summed E-state index contributed by atoms with van der Waals surface area (Å²) >= 11 is 12.3. The highest BCUT2D eigenvalue weighted by atomic mass is 35.5. The summed E-state index contributed by atoms with van der Waals surface area (Å²) in [6, 6.07) is 12.7. The number of nitrogens with one attached hydrogen (secondary N) is 1. The van der Waals surface area contributed by atoms with E-state index in [2.05, 4.69) is 4.98 Å². The van der Waals surface area contributed by atoms with Gasteiger partial charge in [-0.2, -0.15) is 0 Å². The first-order valence-corrected chi connectivity index (χ1v) is 6.91. The normalized spacial score (nSPS) is 10.9. The van der Waals surface area contributed by atoms with Gasteiger partial charge in [-0.3, -0.25) is 4.79 Å². The van der Waals surface area contributed by atoms with E-state index in [1.807, 2.05) is 31.2 Å². The molecule has 1 N–H and O–H groups in total. The van der Waals surface area contributed by atoms with Gasteiger partial charge in [-0.15, -0.1) is 0 Å². The Balaban J connectivity index is 2.26. The maximum atomic E-state index is 12.8. The van der Waals surface area contributed by atoms with Crippen molar-refractivity contribution in [3.05, 3.63) is 69.3 Å². The molecule has 0 aliphatic heterocycles. The summed E-state index contributed by atoms with van der Waals surface area (Å²) in [6.45, 7) is 1.87. The first kappa shape index (κ1) is 13.2. The van der Waals surface area contributed by atoms with Gasteiger partial charge in [0.25, 0.3) is 0 Å². The fraction of sp³-hybridized carbons (Fsp3) is 0.0625. The number of carbonyl (C=O) groups excluding carboxylic acids is 1. The van der Waals surface area contributed by atoms with E-state index < -0.39 is 0 Å². The van der Waals surface area contributed by atoms with Crippen molar-refractivity contribution in [1.29, 1.82) is 0 Å². The third-order valence-electron chi connectivity index (χ3n) is 3.31. The number of rotatable bonds is 2. The number of benzene rings is 2. The number of para-hydroxylation sites is 1. The van der Waals surface area contributed by atoms with Crippen LogP contribution in [0.3, 0.4) is 0 Å². The van der Waals surface area contributed by atoms with Gasteiger partial charge >= 0.3 is 0 Å². The van der Waals surface area contributed by atoms with Gasteiger partial charge in [-0.05, 0) is 25.1 Å². The van der Waals surface area contributed by atoms with Gasteiger partial charge in [0.1, 0.15) is 0 Å². The van der Waals surface area contributed by atoms with Gasteiger partial charge in [0.2, 0.25) is 0 Å². The molecule has 1 aromatic heterocycles. The molecule has 0 bridgehead atoms. The molecule has 0 atom stereocenters. The standard InChI is InChI=1S/C16H11Cl2NO/c1-9-14(10-5-2-3-8-13(10)19-9)16(20)15-11(17)6-4-7-12(15)18/h2-8,19H,1H3. The Labute approximate surface area is 126 Å². The largest absolute Gasteiger partial charge is 0.358 e. The first-order chi connectivity index (χ1) is 9.59. The van der Waals surface area contributed by atoms with E-state index in [0.29, 0.717) is 21.2 Å². The van der Waals surface area contributed by atoms with Crippen LogP contribution in [-0.4, -0.2) is 10.8 Å². The average molecular weight is 304 g/mol. The smallest absolute Gasteiger partial charge is 0.198 e. The predicted octanol–water partition coefficient (Wildman–Crippen LogP) is 5.01. The van der Waals surface area contributed by atoms with Crippen LogP contribution >= 0.6 is 23.2 Å². The van der Waals surface area contributed by atoms with E-state index in [9.17, 15) is 4.79 Å². The highest BCUT2D eigenvalue weighted by Gasteiger charge is 2.21. The van der Waals surface area contributed by atoms with Gasteiger partial charge in [-0.1, -0.05) is 47.5 Å². The van der Waals surface area contributed by atoms with Crippen molar-refractivity contribution < 1.29 is 4.79 Å². The Hall–Kier alpha value is -1.77. The molecular formula is C16H11Cl2NO. The fourth-order valence-electron chi connectivity index (χ4n) is 2.41. The van der Waals surface area contributed by atoms with E-state index in [0.717, 1.165) is 16.6 Å². The molecule has 1 heterocycles. The Bertz CT molecular complexity index is 800. The zero-order valence-electron chi connectivity index (χ0n) is 10.7. The molecule has 20 heavy (non-hydrogen) atoms. The summed E-state index contributed by atoms with van der Waals surface area (Å²) in [4.78, 5) is 16.0. The van der Waals surface area contributed by atoms with Crippen LogP contribution in [0.15, 0.2) is 42.5 Å². The van der Waals surface area contributed by atoms with Crippen LogP contribution in [0.4, 0.5) is 0 Å². The maximum Gasteiger partial charge on any atom is 0.198 e.